The fraction of sp³-hybridized carbons (Fsp3) is 0.375. The number of rotatable bonds is 6. The van der Waals surface area contributed by atoms with Crippen LogP contribution >= 0.6 is 0 Å². The van der Waals surface area contributed by atoms with E-state index in [1.807, 2.05) is 19.9 Å². The highest BCUT2D eigenvalue weighted by atomic mass is 16.5. The van der Waals surface area contributed by atoms with Gasteiger partial charge in [-0.15, -0.1) is 0 Å². The molecule has 0 aliphatic rings. The van der Waals surface area contributed by atoms with E-state index in [9.17, 15) is 5.11 Å². The summed E-state index contributed by atoms with van der Waals surface area (Å²) < 4.78 is 10.3. The number of ether oxygens (including phenoxy) is 2. The molecular formula is C16H21N3O3. The van der Waals surface area contributed by atoms with E-state index >= 15 is 0 Å². The zero-order chi connectivity index (χ0) is 16.1. The Morgan fingerprint density at radius 2 is 2.23 bits per heavy atom. The molecule has 0 aliphatic carbocycles. The summed E-state index contributed by atoms with van der Waals surface area (Å²) in [6.07, 6.45) is 2.18. The minimum absolute atomic E-state index is 0.0932. The zero-order valence-electron chi connectivity index (χ0n) is 13.1. The van der Waals surface area contributed by atoms with E-state index in [1.165, 1.54) is 7.11 Å². The minimum Gasteiger partial charge on any atom is -0.504 e. The van der Waals surface area contributed by atoms with Crippen LogP contribution in [0.4, 0.5) is 5.69 Å². The van der Waals surface area contributed by atoms with E-state index < -0.39 is 0 Å². The van der Waals surface area contributed by atoms with Crippen LogP contribution in [0.5, 0.6) is 11.5 Å². The monoisotopic (exact) mass is 303 g/mol. The Balaban J connectivity index is 2.31. The maximum absolute atomic E-state index is 10.3. The lowest BCUT2D eigenvalue weighted by molar-refractivity contribution is 0.315. The minimum atomic E-state index is 0.0932. The van der Waals surface area contributed by atoms with Crippen LogP contribution in [0.1, 0.15) is 18.9 Å². The van der Waals surface area contributed by atoms with Gasteiger partial charge in [-0.1, -0.05) is 0 Å². The molecule has 0 unspecified atom stereocenters. The number of aryl methyl sites for hydroxylation is 1. The first-order valence-corrected chi connectivity index (χ1v) is 7.17. The highest BCUT2D eigenvalue weighted by molar-refractivity contribution is 5.99. The Labute approximate surface area is 129 Å². The number of phenolic OH excluding ortho intramolecular Hbond substituents is 1. The van der Waals surface area contributed by atoms with E-state index in [2.05, 4.69) is 10.3 Å². The molecule has 118 valence electrons. The number of nitrogens with one attached hydrogen (secondary N) is 2. The van der Waals surface area contributed by atoms with Gasteiger partial charge >= 0.3 is 0 Å². The number of hydrogen-bond donors (Lipinski definition) is 3. The lowest BCUT2D eigenvalue weighted by Crippen LogP contribution is -2.11. The second-order valence-corrected chi connectivity index (χ2v) is 4.86. The molecule has 0 saturated heterocycles. The van der Waals surface area contributed by atoms with Gasteiger partial charge in [0.2, 0.25) is 0 Å². The molecule has 3 N–H and O–H groups in total. The first-order chi connectivity index (χ1) is 10.6. The van der Waals surface area contributed by atoms with Gasteiger partial charge in [0, 0.05) is 25.2 Å². The van der Waals surface area contributed by atoms with Crippen LogP contribution in [-0.2, 0) is 4.74 Å². The molecule has 1 heterocycles. The lowest BCUT2D eigenvalue weighted by atomic mass is 10.1. The molecule has 0 bridgehead atoms. The van der Waals surface area contributed by atoms with Crippen molar-refractivity contribution in [2.75, 3.05) is 25.6 Å². The van der Waals surface area contributed by atoms with Gasteiger partial charge in [-0.05, 0) is 25.5 Å². The third-order valence-electron chi connectivity index (χ3n) is 3.37. The summed E-state index contributed by atoms with van der Waals surface area (Å²) in [6, 6.07) is 3.56. The average Bonchev–Trinajstić information content (AvgIpc) is 2.49. The van der Waals surface area contributed by atoms with Crippen LogP contribution < -0.4 is 10.1 Å². The molecule has 0 fully saturated rings. The van der Waals surface area contributed by atoms with Gasteiger partial charge < -0.3 is 19.9 Å². The fourth-order valence-corrected chi connectivity index (χ4v) is 2.30. The molecule has 6 heteroatoms. The van der Waals surface area contributed by atoms with Crippen LogP contribution in [0.3, 0.4) is 0 Å². The summed E-state index contributed by atoms with van der Waals surface area (Å²) in [5.74, 6) is 0.732. The largest absolute Gasteiger partial charge is 0.504 e. The van der Waals surface area contributed by atoms with Crippen LogP contribution in [0, 0.1) is 12.3 Å². The average molecular weight is 303 g/mol. The van der Waals surface area contributed by atoms with Gasteiger partial charge in [0.25, 0.3) is 0 Å². The van der Waals surface area contributed by atoms with Crippen LogP contribution in [0.2, 0.25) is 0 Å². The molecule has 2 rings (SSSR count). The Morgan fingerprint density at radius 3 is 2.91 bits per heavy atom. The molecular weight excluding hydrogens is 282 g/mol. The van der Waals surface area contributed by atoms with Crippen molar-refractivity contribution in [1.29, 1.82) is 5.41 Å². The maximum atomic E-state index is 10.3. The summed E-state index contributed by atoms with van der Waals surface area (Å²) in [4.78, 5) is 4.35. The van der Waals surface area contributed by atoms with Gasteiger partial charge in [0.05, 0.1) is 30.3 Å². The highest BCUT2D eigenvalue weighted by Crippen LogP contribution is 2.39. The molecule has 1 aromatic carbocycles. The van der Waals surface area contributed by atoms with E-state index in [1.54, 1.807) is 12.3 Å². The van der Waals surface area contributed by atoms with Gasteiger partial charge in [-0.25, -0.2) is 0 Å². The number of benzene rings is 1. The predicted octanol–water partition coefficient (Wildman–Crippen LogP) is 3.07. The number of pyridine rings is 1. The number of phenols is 1. The highest BCUT2D eigenvalue weighted by Gasteiger charge is 2.14. The predicted molar refractivity (Wildman–Crippen MR) is 87.2 cm³/mol. The van der Waals surface area contributed by atoms with Crippen molar-refractivity contribution in [2.24, 2.45) is 0 Å². The van der Waals surface area contributed by atoms with Crippen LogP contribution in [0.25, 0.3) is 10.9 Å². The SMILES string of the molecule is CCOC(=N)CCNc1cc(OC)c(O)c2c(C)ccnc12. The quantitative estimate of drug-likeness (QED) is 0.433. The van der Waals surface area contributed by atoms with Crippen molar-refractivity contribution in [2.45, 2.75) is 20.3 Å². The van der Waals surface area contributed by atoms with E-state index in [0.717, 1.165) is 11.3 Å². The number of fused-ring (bicyclic) bond motifs is 1. The maximum Gasteiger partial charge on any atom is 0.182 e. The number of anilines is 1. The van der Waals surface area contributed by atoms with Crippen molar-refractivity contribution in [3.05, 3.63) is 23.9 Å². The first-order valence-electron chi connectivity index (χ1n) is 7.17. The molecule has 6 nitrogen and oxygen atoms in total. The van der Waals surface area contributed by atoms with Crippen molar-refractivity contribution in [1.82, 2.24) is 4.98 Å². The smallest absolute Gasteiger partial charge is 0.182 e. The van der Waals surface area contributed by atoms with Crippen molar-refractivity contribution in [3.63, 3.8) is 0 Å². The van der Waals surface area contributed by atoms with Crippen molar-refractivity contribution in [3.8, 4) is 11.5 Å². The molecule has 0 spiro atoms. The van der Waals surface area contributed by atoms with Crippen molar-refractivity contribution >= 4 is 22.5 Å². The van der Waals surface area contributed by atoms with E-state index in [0.29, 0.717) is 36.2 Å². The van der Waals surface area contributed by atoms with Gasteiger partial charge in [0.1, 0.15) is 0 Å². The Bertz CT molecular complexity index is 686. The Hall–Kier alpha value is -2.50. The van der Waals surface area contributed by atoms with E-state index in [-0.39, 0.29) is 11.6 Å². The number of hydrogen-bond acceptors (Lipinski definition) is 6. The Kier molecular flexibility index (Phi) is 5.04. The third kappa shape index (κ3) is 3.21. The molecule has 0 aliphatic heterocycles. The third-order valence-corrected chi connectivity index (χ3v) is 3.37. The number of aromatic nitrogens is 1. The molecule has 0 atom stereocenters. The molecule has 22 heavy (non-hydrogen) atoms. The number of aromatic hydroxyl groups is 1. The normalized spacial score (nSPS) is 10.5. The number of nitrogens with zero attached hydrogens (tertiary/aromatic N) is 1. The summed E-state index contributed by atoms with van der Waals surface area (Å²) in [5.41, 5.74) is 2.37. The summed E-state index contributed by atoms with van der Waals surface area (Å²) >= 11 is 0. The van der Waals surface area contributed by atoms with Crippen LogP contribution in [0.15, 0.2) is 18.3 Å². The second kappa shape index (κ2) is 6.98. The van der Waals surface area contributed by atoms with Crippen LogP contribution in [-0.4, -0.2) is 36.2 Å². The Morgan fingerprint density at radius 1 is 1.45 bits per heavy atom. The van der Waals surface area contributed by atoms with Gasteiger partial charge in [-0.3, -0.25) is 10.4 Å². The van der Waals surface area contributed by atoms with Gasteiger partial charge in [-0.2, -0.15) is 0 Å². The molecule has 0 saturated carbocycles. The lowest BCUT2D eigenvalue weighted by Gasteiger charge is -2.14. The summed E-state index contributed by atoms with van der Waals surface area (Å²) in [6.45, 7) is 4.80. The van der Waals surface area contributed by atoms with E-state index in [4.69, 9.17) is 14.9 Å². The second-order valence-electron chi connectivity index (χ2n) is 4.86. The number of methoxy groups -OCH3 is 1. The summed E-state index contributed by atoms with van der Waals surface area (Å²) in [5, 5.41) is 21.8. The fourth-order valence-electron chi connectivity index (χ4n) is 2.30. The first kappa shape index (κ1) is 15.9. The standard InChI is InChI=1S/C16H21N3O3/c1-4-22-13(17)6-8-18-11-9-12(21-3)16(20)14-10(2)5-7-19-15(11)14/h5,7,9,17-18,20H,4,6,8H2,1-3H3. The zero-order valence-corrected chi connectivity index (χ0v) is 13.1. The molecule has 2 aromatic rings. The molecule has 1 aromatic heterocycles. The van der Waals surface area contributed by atoms with Crippen molar-refractivity contribution < 1.29 is 14.6 Å². The summed E-state index contributed by atoms with van der Waals surface area (Å²) in [7, 11) is 1.52. The topological polar surface area (TPSA) is 87.5 Å². The van der Waals surface area contributed by atoms with Gasteiger partial charge in [0.15, 0.2) is 17.4 Å². The molecule has 0 amide bonds. The molecule has 0 radical (unpaired) electrons.